The van der Waals surface area contributed by atoms with Gasteiger partial charge in [0.15, 0.2) is 0 Å². The number of carbonyl (C=O) groups excluding carboxylic acids is 1. The van der Waals surface area contributed by atoms with Crippen LogP contribution >= 0.6 is 34.5 Å². The molecule has 5 nitrogen and oxygen atoms in total. The molecule has 0 aliphatic heterocycles. The molecule has 1 aromatic heterocycles. The van der Waals surface area contributed by atoms with Gasteiger partial charge in [-0.05, 0) is 41.5 Å². The van der Waals surface area contributed by atoms with Crippen LogP contribution in [0.4, 0.5) is 16.2 Å². The molecular weight excluding hydrogens is 479 g/mol. The Labute approximate surface area is 204 Å². The number of carbonyl (C=O) groups is 2. The average molecular weight is 497 g/mol. The molecule has 0 radical (unpaired) electrons. The molecule has 8 heteroatoms. The molecule has 0 aliphatic rings. The Morgan fingerprint density at radius 3 is 2.18 bits per heavy atom. The number of carboxylic acids is 1. The van der Waals surface area contributed by atoms with Crippen LogP contribution in [0.2, 0.25) is 10.0 Å². The molecular formula is C25H18Cl2N2O3S. The van der Waals surface area contributed by atoms with Gasteiger partial charge in [-0.1, -0.05) is 77.8 Å². The first-order valence-electron chi connectivity index (χ1n) is 9.92. The van der Waals surface area contributed by atoms with Gasteiger partial charge in [0.1, 0.15) is 4.88 Å². The zero-order valence-corrected chi connectivity index (χ0v) is 19.5. The van der Waals surface area contributed by atoms with Crippen LogP contribution in [0.3, 0.4) is 0 Å². The number of thiophene rings is 1. The molecule has 2 amide bonds. The molecule has 2 N–H and O–H groups in total. The van der Waals surface area contributed by atoms with Crippen LogP contribution in [-0.2, 0) is 6.54 Å². The van der Waals surface area contributed by atoms with E-state index in [-0.39, 0.29) is 10.6 Å². The van der Waals surface area contributed by atoms with Crippen LogP contribution in [0.15, 0.2) is 84.9 Å². The van der Waals surface area contributed by atoms with Gasteiger partial charge >= 0.3 is 12.0 Å². The SMILES string of the molecule is O=C(O)c1sc(-c2ccc(Cl)c(Cl)c2)cc1NC(=O)N(Cc1ccccc1)c1ccccc1. The first-order chi connectivity index (χ1) is 15.9. The van der Waals surface area contributed by atoms with Crippen molar-refractivity contribution < 1.29 is 14.7 Å². The first-order valence-corrected chi connectivity index (χ1v) is 11.5. The fraction of sp³-hybridized carbons (Fsp3) is 0.0400. The summed E-state index contributed by atoms with van der Waals surface area (Å²) in [6.07, 6.45) is 0. The van der Waals surface area contributed by atoms with Crippen molar-refractivity contribution in [2.45, 2.75) is 6.54 Å². The van der Waals surface area contributed by atoms with Crippen molar-refractivity contribution in [2.24, 2.45) is 0 Å². The number of para-hydroxylation sites is 1. The Morgan fingerprint density at radius 1 is 0.879 bits per heavy atom. The summed E-state index contributed by atoms with van der Waals surface area (Å²) >= 11 is 13.2. The number of amides is 2. The fourth-order valence-corrected chi connectivity index (χ4v) is 4.52. The molecule has 0 saturated carbocycles. The topological polar surface area (TPSA) is 69.6 Å². The van der Waals surface area contributed by atoms with Crippen molar-refractivity contribution in [3.63, 3.8) is 0 Å². The lowest BCUT2D eigenvalue weighted by Gasteiger charge is -2.23. The summed E-state index contributed by atoms with van der Waals surface area (Å²) < 4.78 is 0. The minimum absolute atomic E-state index is 0.0251. The lowest BCUT2D eigenvalue weighted by atomic mass is 10.2. The van der Waals surface area contributed by atoms with Gasteiger partial charge in [-0.25, -0.2) is 9.59 Å². The maximum Gasteiger partial charge on any atom is 0.348 e. The molecule has 166 valence electrons. The molecule has 1 heterocycles. The number of hydrogen-bond acceptors (Lipinski definition) is 3. The molecule has 0 spiro atoms. The first kappa shape index (κ1) is 22.9. The van der Waals surface area contributed by atoms with Crippen molar-refractivity contribution in [1.82, 2.24) is 0 Å². The van der Waals surface area contributed by atoms with Crippen LogP contribution in [0, 0.1) is 0 Å². The summed E-state index contributed by atoms with van der Waals surface area (Å²) in [6.45, 7) is 0.322. The normalized spacial score (nSPS) is 10.6. The molecule has 4 aromatic rings. The second kappa shape index (κ2) is 10.1. The van der Waals surface area contributed by atoms with E-state index in [0.717, 1.165) is 16.9 Å². The summed E-state index contributed by atoms with van der Waals surface area (Å²) in [5, 5.41) is 13.3. The number of rotatable bonds is 6. The van der Waals surface area contributed by atoms with Crippen molar-refractivity contribution in [2.75, 3.05) is 10.2 Å². The van der Waals surface area contributed by atoms with E-state index in [1.54, 1.807) is 29.2 Å². The third kappa shape index (κ3) is 5.37. The van der Waals surface area contributed by atoms with Crippen LogP contribution in [-0.4, -0.2) is 17.1 Å². The number of benzene rings is 3. The quantitative estimate of drug-likeness (QED) is 0.287. The van der Waals surface area contributed by atoms with Gasteiger partial charge in [0.25, 0.3) is 0 Å². The molecule has 0 atom stereocenters. The molecule has 3 aromatic carbocycles. The van der Waals surface area contributed by atoms with Crippen molar-refractivity contribution in [3.05, 3.63) is 105 Å². The average Bonchev–Trinajstić information content (AvgIpc) is 3.24. The predicted molar refractivity (Wildman–Crippen MR) is 135 cm³/mol. The van der Waals surface area contributed by atoms with Gasteiger partial charge in [0.05, 0.1) is 22.3 Å². The maximum atomic E-state index is 13.3. The highest BCUT2D eigenvalue weighted by molar-refractivity contribution is 7.18. The van der Waals surface area contributed by atoms with E-state index >= 15 is 0 Å². The zero-order chi connectivity index (χ0) is 23.4. The Kier molecular flexibility index (Phi) is 6.99. The number of anilines is 2. The van der Waals surface area contributed by atoms with Crippen LogP contribution in [0.1, 0.15) is 15.2 Å². The molecule has 0 bridgehead atoms. The van der Waals surface area contributed by atoms with Gasteiger partial charge in [-0.2, -0.15) is 0 Å². The van der Waals surface area contributed by atoms with Gasteiger partial charge in [0, 0.05) is 10.6 Å². The largest absolute Gasteiger partial charge is 0.477 e. The molecule has 0 saturated heterocycles. The number of hydrogen-bond donors (Lipinski definition) is 2. The number of urea groups is 1. The van der Waals surface area contributed by atoms with Crippen LogP contribution in [0.5, 0.6) is 0 Å². The van der Waals surface area contributed by atoms with Gasteiger partial charge in [-0.3, -0.25) is 4.90 Å². The van der Waals surface area contributed by atoms with Crippen molar-refractivity contribution >= 4 is 57.9 Å². The summed E-state index contributed by atoms with van der Waals surface area (Å²) in [5.41, 5.74) is 2.56. The highest BCUT2D eigenvalue weighted by atomic mass is 35.5. The third-order valence-corrected chi connectivity index (χ3v) is 6.78. The van der Waals surface area contributed by atoms with Crippen LogP contribution < -0.4 is 10.2 Å². The lowest BCUT2D eigenvalue weighted by molar-refractivity contribution is 0.0703. The molecule has 0 fully saturated rings. The van der Waals surface area contributed by atoms with E-state index in [4.69, 9.17) is 23.2 Å². The van der Waals surface area contributed by atoms with E-state index in [1.807, 2.05) is 60.7 Å². The number of halogens is 2. The van der Waals surface area contributed by atoms with E-state index in [1.165, 1.54) is 0 Å². The van der Waals surface area contributed by atoms with Crippen molar-refractivity contribution in [3.8, 4) is 10.4 Å². The second-order valence-corrected chi connectivity index (χ2v) is 8.99. The van der Waals surface area contributed by atoms with E-state index in [0.29, 0.717) is 32.7 Å². The van der Waals surface area contributed by atoms with Gasteiger partial charge in [0.2, 0.25) is 0 Å². The Bertz CT molecular complexity index is 1290. The molecule has 33 heavy (non-hydrogen) atoms. The number of aromatic carboxylic acids is 1. The van der Waals surface area contributed by atoms with Gasteiger partial charge < -0.3 is 10.4 Å². The molecule has 4 rings (SSSR count). The Balaban J connectivity index is 1.66. The van der Waals surface area contributed by atoms with E-state index in [9.17, 15) is 14.7 Å². The third-order valence-electron chi connectivity index (χ3n) is 4.87. The number of nitrogens with zero attached hydrogens (tertiary/aromatic N) is 1. The highest BCUT2D eigenvalue weighted by Crippen LogP contribution is 2.37. The smallest absolute Gasteiger partial charge is 0.348 e. The minimum atomic E-state index is -1.13. The van der Waals surface area contributed by atoms with E-state index < -0.39 is 12.0 Å². The molecule has 0 aliphatic carbocycles. The second-order valence-electron chi connectivity index (χ2n) is 7.12. The Morgan fingerprint density at radius 2 is 1.55 bits per heavy atom. The minimum Gasteiger partial charge on any atom is -0.477 e. The molecule has 0 unspecified atom stereocenters. The summed E-state index contributed by atoms with van der Waals surface area (Å²) in [6, 6.07) is 25.1. The summed E-state index contributed by atoms with van der Waals surface area (Å²) in [5.74, 6) is -1.13. The Hall–Kier alpha value is -3.32. The summed E-state index contributed by atoms with van der Waals surface area (Å²) in [7, 11) is 0. The summed E-state index contributed by atoms with van der Waals surface area (Å²) in [4.78, 5) is 27.5. The predicted octanol–water partition coefficient (Wildman–Crippen LogP) is 7.66. The van der Waals surface area contributed by atoms with E-state index in [2.05, 4.69) is 5.32 Å². The zero-order valence-electron chi connectivity index (χ0n) is 17.2. The van der Waals surface area contributed by atoms with Gasteiger partial charge in [-0.15, -0.1) is 11.3 Å². The van der Waals surface area contributed by atoms with Crippen LogP contribution in [0.25, 0.3) is 10.4 Å². The maximum absolute atomic E-state index is 13.3. The number of carboxylic acid groups (broad SMARTS) is 1. The highest BCUT2D eigenvalue weighted by Gasteiger charge is 2.22. The lowest BCUT2D eigenvalue weighted by Crippen LogP contribution is -2.34. The standard InChI is InChI=1S/C25H18Cl2N2O3S/c26-19-12-11-17(13-20(19)27)22-14-21(23(33-22)24(30)31)28-25(32)29(18-9-5-2-6-10-18)15-16-7-3-1-4-8-16/h1-14H,15H2,(H,28,32)(H,30,31). The monoisotopic (exact) mass is 496 g/mol. The van der Waals surface area contributed by atoms with Crippen molar-refractivity contribution in [1.29, 1.82) is 0 Å². The fourth-order valence-electron chi connectivity index (χ4n) is 3.27. The number of nitrogens with one attached hydrogen (secondary N) is 1.